The first-order chi connectivity index (χ1) is 38.7. The van der Waals surface area contributed by atoms with Gasteiger partial charge in [0.2, 0.25) is 12.1 Å². The van der Waals surface area contributed by atoms with Crippen molar-refractivity contribution in [3.63, 3.8) is 0 Å². The van der Waals surface area contributed by atoms with Crippen molar-refractivity contribution in [3.8, 4) is 17.2 Å². The molecule has 2 aliphatic carbocycles. The number of aliphatic hydroxyl groups excluding tert-OH is 2. The maximum atomic E-state index is 15.5. The van der Waals surface area contributed by atoms with Gasteiger partial charge in [0, 0.05) is 56.2 Å². The van der Waals surface area contributed by atoms with E-state index in [1.165, 1.54) is 69.2 Å². The van der Waals surface area contributed by atoms with Crippen molar-refractivity contribution in [2.45, 2.75) is 166 Å². The first-order valence-electron chi connectivity index (χ1n) is 29.2. The minimum atomic E-state index is -1.66. The summed E-state index contributed by atoms with van der Waals surface area (Å²) in [6, 6.07) is 23.7. The fourth-order valence-electron chi connectivity index (χ4n) is 12.3. The number of nitro benzene ring substituents is 1. The number of carbonyl (C=O) groups is 2. The molecular formula is C63H82N4O12. The highest BCUT2D eigenvalue weighted by molar-refractivity contribution is 6.03. The van der Waals surface area contributed by atoms with Crippen LogP contribution in [0.4, 0.5) is 15.3 Å². The molecule has 8 rings (SSSR count). The van der Waals surface area contributed by atoms with Gasteiger partial charge in [0.15, 0.2) is 0 Å². The van der Waals surface area contributed by atoms with Gasteiger partial charge in [-0.2, -0.15) is 0 Å². The van der Waals surface area contributed by atoms with Crippen LogP contribution in [0.25, 0.3) is 10.8 Å². The zero-order chi connectivity index (χ0) is 55.4. The van der Waals surface area contributed by atoms with Crippen LogP contribution in [0.1, 0.15) is 152 Å². The summed E-state index contributed by atoms with van der Waals surface area (Å²) in [5.74, 6) is -1.97. The summed E-state index contributed by atoms with van der Waals surface area (Å²) in [6.07, 6.45) is 20.5. The van der Waals surface area contributed by atoms with Gasteiger partial charge in [-0.05, 0) is 109 Å². The normalized spacial score (nSPS) is 22.7. The monoisotopic (exact) mass is 1090 g/mol. The number of nitro groups is 1. The van der Waals surface area contributed by atoms with E-state index in [9.17, 15) is 25.1 Å². The molecule has 0 aromatic heterocycles. The van der Waals surface area contributed by atoms with Crippen LogP contribution in [-0.2, 0) is 20.9 Å². The molecule has 4 aromatic rings. The summed E-state index contributed by atoms with van der Waals surface area (Å²) in [7, 11) is 0. The molecule has 79 heavy (non-hydrogen) atoms. The molecule has 0 spiro atoms. The lowest BCUT2D eigenvalue weighted by Crippen LogP contribution is -2.70. The Hall–Kier alpha value is -6.33. The molecule has 3 N–H and O–H groups in total. The maximum absolute atomic E-state index is 15.5. The molecule has 4 aliphatic rings. The predicted octanol–water partition coefficient (Wildman–Crippen LogP) is 13.6. The molecule has 1 saturated heterocycles. The number of hydrogen-bond donors (Lipinski definition) is 3. The smallest absolute Gasteiger partial charge is 0.416 e. The minimum Gasteiger partial charge on any atom is -0.459 e. The van der Waals surface area contributed by atoms with E-state index in [-0.39, 0.29) is 56.1 Å². The number of allylic oxidation sites excluding steroid dienone is 1. The number of nitrogens with one attached hydrogen (secondary N) is 1. The Morgan fingerprint density at radius 1 is 0.861 bits per heavy atom. The Balaban J connectivity index is 1.23. The van der Waals surface area contributed by atoms with Crippen molar-refractivity contribution in [2.24, 2.45) is 22.9 Å². The molecule has 16 nitrogen and oxygen atoms in total. The van der Waals surface area contributed by atoms with E-state index in [1.807, 2.05) is 54.6 Å². The number of non-ortho nitro benzene ring substituents is 1. The van der Waals surface area contributed by atoms with Crippen molar-refractivity contribution in [3.05, 3.63) is 130 Å². The Morgan fingerprint density at radius 2 is 1.58 bits per heavy atom. The highest BCUT2D eigenvalue weighted by Gasteiger charge is 2.66. The molecule has 1 saturated carbocycles. The van der Waals surface area contributed by atoms with Gasteiger partial charge in [-0.3, -0.25) is 15.0 Å². The molecule has 7 unspecified atom stereocenters. The third-order valence-electron chi connectivity index (χ3n) is 16.2. The lowest BCUT2D eigenvalue weighted by molar-refractivity contribution is -0.384. The second-order valence-electron chi connectivity index (χ2n) is 21.6. The van der Waals surface area contributed by atoms with Gasteiger partial charge in [-0.1, -0.05) is 137 Å². The summed E-state index contributed by atoms with van der Waals surface area (Å²) in [4.78, 5) is 48.2. The van der Waals surface area contributed by atoms with Gasteiger partial charge in [0.05, 0.1) is 36.3 Å². The van der Waals surface area contributed by atoms with Crippen molar-refractivity contribution < 1.29 is 53.2 Å². The number of benzene rings is 4. The van der Waals surface area contributed by atoms with E-state index >= 15 is 4.79 Å². The van der Waals surface area contributed by atoms with Crippen LogP contribution in [0.15, 0.2) is 114 Å². The molecule has 0 radical (unpaired) electrons. The Bertz CT molecular complexity index is 2680. The van der Waals surface area contributed by atoms with Crippen LogP contribution < -0.4 is 19.5 Å². The summed E-state index contributed by atoms with van der Waals surface area (Å²) >= 11 is 0. The van der Waals surface area contributed by atoms with Crippen LogP contribution in [-0.4, -0.2) is 89.0 Å². The Kier molecular flexibility index (Phi) is 22.2. The second kappa shape index (κ2) is 29.8. The molecule has 2 amide bonds. The van der Waals surface area contributed by atoms with E-state index in [0.29, 0.717) is 62.5 Å². The van der Waals surface area contributed by atoms with Crippen molar-refractivity contribution in [1.29, 1.82) is 0 Å². The number of unbranched alkanes of at least 4 members (excludes halogenated alkanes) is 11. The SMILES string of the molecule is C=CCOC12Oc3ccc(OC(=O)NCCCCCCCCCCCC)cc3C3C(CCCCO)C(CCCCO)C=C(C(=NOC4CCCCO4)CC1N(Cc1cccc4ccccc14)C(=O)Oc1ccc([N+](=O)[O-])cc1)C32. The zero-order valence-corrected chi connectivity index (χ0v) is 46.1. The van der Waals surface area contributed by atoms with E-state index in [2.05, 4.69) is 24.9 Å². The average Bonchev–Trinajstić information content (AvgIpc) is 2.95. The van der Waals surface area contributed by atoms with E-state index in [4.69, 9.17) is 33.7 Å². The second-order valence-corrected chi connectivity index (χ2v) is 21.6. The fourth-order valence-corrected chi connectivity index (χ4v) is 12.3. The predicted molar refractivity (Wildman–Crippen MR) is 304 cm³/mol. The quantitative estimate of drug-likeness (QED) is 0.0193. The number of oxime groups is 1. The Morgan fingerprint density at radius 3 is 2.30 bits per heavy atom. The van der Waals surface area contributed by atoms with Crippen molar-refractivity contribution in [1.82, 2.24) is 10.2 Å². The fraction of sp³-hybridized carbons (Fsp3) is 0.540. The first kappa shape index (κ1) is 58.8. The summed E-state index contributed by atoms with van der Waals surface area (Å²) in [6.45, 7) is 7.46. The number of carbonyl (C=O) groups excluding carboxylic acids is 2. The Labute approximate surface area is 465 Å². The lowest BCUT2D eigenvalue weighted by atomic mass is 9.55. The third kappa shape index (κ3) is 15.1. The van der Waals surface area contributed by atoms with E-state index < -0.39 is 47.1 Å². The van der Waals surface area contributed by atoms with Gasteiger partial charge in [0.1, 0.15) is 23.3 Å². The largest absolute Gasteiger partial charge is 0.459 e. The summed E-state index contributed by atoms with van der Waals surface area (Å²) in [5.41, 5.74) is 2.86. The van der Waals surface area contributed by atoms with E-state index in [1.54, 1.807) is 17.0 Å². The van der Waals surface area contributed by atoms with Crippen LogP contribution in [0, 0.1) is 27.9 Å². The molecule has 2 fully saturated rings. The first-order valence-corrected chi connectivity index (χ1v) is 29.2. The number of nitrogens with zero attached hydrogens (tertiary/aromatic N) is 3. The number of ether oxygens (including phenoxy) is 5. The minimum absolute atomic E-state index is 0.0221. The molecule has 426 valence electrons. The number of aliphatic hydroxyl groups is 2. The standard InChI is InChI=1S/C63H82N4O12/c1-3-5-6-7-8-9-10-11-12-18-36-64-61(70)76-50-34-35-56-54(42-50)59-52(28-16-20-38-69)46(24-15-19-37-68)41-53-55(65-79-58-29-17-21-40-74-58)43-57(63(78-56,60(53)59)75-39-4-2)66(44-47-26-22-25-45-23-13-14-27-51(45)47)62(71)77-49-32-30-48(31-33-49)67(72)73/h4,13-14,22-23,25-27,30-35,41-42,46,52,57-60,68-69H,2-3,5-12,15-21,24,28-29,36-40,43-44H2,1H3,(H,64,70). The molecular weight excluding hydrogens is 1000 g/mol. The molecule has 4 aromatic carbocycles. The number of fused-ring (bicyclic) bond motifs is 3. The molecule has 0 bridgehead atoms. The summed E-state index contributed by atoms with van der Waals surface area (Å²) in [5, 5.41) is 41.8. The van der Waals surface area contributed by atoms with E-state index in [0.717, 1.165) is 72.4 Å². The topological polar surface area (TPSA) is 201 Å². The van der Waals surface area contributed by atoms with Gasteiger partial charge in [-0.15, -0.1) is 6.58 Å². The highest BCUT2D eigenvalue weighted by atomic mass is 16.8. The van der Waals surface area contributed by atoms with Crippen LogP contribution >= 0.6 is 0 Å². The van der Waals surface area contributed by atoms with Gasteiger partial charge >= 0.3 is 12.2 Å². The number of rotatable bonds is 30. The summed E-state index contributed by atoms with van der Waals surface area (Å²) < 4.78 is 33.1. The van der Waals surface area contributed by atoms with Gasteiger partial charge < -0.3 is 44.1 Å². The van der Waals surface area contributed by atoms with Crippen molar-refractivity contribution >= 4 is 34.4 Å². The third-order valence-corrected chi connectivity index (χ3v) is 16.2. The molecule has 7 atom stereocenters. The van der Waals surface area contributed by atoms with Crippen LogP contribution in [0.5, 0.6) is 17.2 Å². The molecule has 16 heteroatoms. The highest BCUT2D eigenvalue weighted by Crippen LogP contribution is 2.62. The average molecular weight is 1090 g/mol. The lowest BCUT2D eigenvalue weighted by Gasteiger charge is -2.59. The molecule has 2 heterocycles. The van der Waals surface area contributed by atoms with Crippen molar-refractivity contribution in [2.75, 3.05) is 33.0 Å². The molecule has 2 aliphatic heterocycles. The van der Waals surface area contributed by atoms with Gasteiger partial charge in [-0.25, -0.2) is 9.59 Å². The van der Waals surface area contributed by atoms with Crippen LogP contribution in [0.2, 0.25) is 0 Å². The number of hydrogen-bond acceptors (Lipinski definition) is 13. The van der Waals surface area contributed by atoms with Crippen LogP contribution in [0.3, 0.4) is 0 Å². The van der Waals surface area contributed by atoms with Gasteiger partial charge in [0.25, 0.3) is 5.69 Å². The zero-order valence-electron chi connectivity index (χ0n) is 46.1. The maximum Gasteiger partial charge on any atom is 0.416 e. The number of amides is 2.